The maximum Gasteiger partial charge on any atom is 0.410 e. The first-order chi connectivity index (χ1) is 10.4. The Labute approximate surface area is 133 Å². The molecule has 0 aromatic heterocycles. The van der Waals surface area contributed by atoms with Gasteiger partial charge in [0.25, 0.3) is 0 Å². The molecule has 1 aromatic carbocycles. The zero-order chi connectivity index (χ0) is 16.4. The number of amides is 1. The van der Waals surface area contributed by atoms with Gasteiger partial charge in [0.1, 0.15) is 5.60 Å². The number of carbonyl (C=O) groups is 1. The van der Waals surface area contributed by atoms with Gasteiger partial charge in [0, 0.05) is 13.6 Å². The topological polar surface area (TPSA) is 29.5 Å². The monoisotopic (exact) mass is 299 g/mol. The predicted octanol–water partition coefficient (Wildman–Crippen LogP) is 4.36. The van der Waals surface area contributed by atoms with E-state index in [4.69, 9.17) is 4.74 Å². The fourth-order valence-corrected chi connectivity index (χ4v) is 1.62. The number of carbonyl (C=O) groups excluding carboxylic acids is 1. The standard InChI is InChI=1S/C19H25NO2/c1-19(2,3)22-18(21)20(4)16-12-7-5-6-9-13-17-14-10-8-11-15-17/h5,7-12,14-15H,13,16H2,1-4H3. The third kappa shape index (κ3) is 8.13. The van der Waals surface area contributed by atoms with Crippen LogP contribution in [0.3, 0.4) is 0 Å². The SMILES string of the molecule is CN(CC=CC=C=CCc1ccccc1)C(=O)OC(C)(C)C. The molecular formula is C19H25NO2. The molecule has 0 aliphatic heterocycles. The Morgan fingerprint density at radius 3 is 2.59 bits per heavy atom. The molecule has 0 bridgehead atoms. The van der Waals surface area contributed by atoms with E-state index in [0.717, 1.165) is 6.42 Å². The number of likely N-dealkylation sites (N-methyl/N-ethyl adjacent to an activating group) is 1. The van der Waals surface area contributed by atoms with Gasteiger partial charge in [-0.2, -0.15) is 0 Å². The smallest absolute Gasteiger partial charge is 0.410 e. The highest BCUT2D eigenvalue weighted by Gasteiger charge is 2.18. The fourth-order valence-electron chi connectivity index (χ4n) is 1.62. The van der Waals surface area contributed by atoms with Gasteiger partial charge < -0.3 is 9.64 Å². The lowest BCUT2D eigenvalue weighted by atomic mass is 10.1. The molecule has 3 nitrogen and oxygen atoms in total. The third-order valence-corrected chi connectivity index (χ3v) is 2.71. The zero-order valence-electron chi connectivity index (χ0n) is 13.9. The molecule has 0 aliphatic rings. The normalized spacial score (nSPS) is 10.9. The van der Waals surface area contributed by atoms with Crippen molar-refractivity contribution < 1.29 is 9.53 Å². The van der Waals surface area contributed by atoms with Crippen molar-refractivity contribution >= 4 is 6.09 Å². The maximum absolute atomic E-state index is 11.7. The van der Waals surface area contributed by atoms with Crippen LogP contribution in [0.4, 0.5) is 4.79 Å². The molecule has 1 rings (SSSR count). The number of allylic oxidation sites excluding steroid dienone is 2. The summed E-state index contributed by atoms with van der Waals surface area (Å²) in [6.45, 7) is 6.07. The lowest BCUT2D eigenvalue weighted by molar-refractivity contribution is 0.0318. The first-order valence-corrected chi connectivity index (χ1v) is 7.42. The van der Waals surface area contributed by atoms with Gasteiger partial charge >= 0.3 is 6.09 Å². The van der Waals surface area contributed by atoms with Gasteiger partial charge in [-0.05, 0) is 44.9 Å². The molecule has 1 amide bonds. The van der Waals surface area contributed by atoms with Crippen molar-refractivity contribution in [3.8, 4) is 0 Å². The predicted molar refractivity (Wildman–Crippen MR) is 90.8 cm³/mol. The molecule has 0 radical (unpaired) electrons. The van der Waals surface area contributed by atoms with Crippen LogP contribution < -0.4 is 0 Å². The van der Waals surface area contributed by atoms with Gasteiger partial charge in [0.05, 0.1) is 0 Å². The van der Waals surface area contributed by atoms with Crippen molar-refractivity contribution in [1.82, 2.24) is 4.90 Å². The van der Waals surface area contributed by atoms with Gasteiger partial charge in [0.2, 0.25) is 0 Å². The average molecular weight is 299 g/mol. The van der Waals surface area contributed by atoms with Crippen molar-refractivity contribution in [1.29, 1.82) is 0 Å². The lowest BCUT2D eigenvalue weighted by Crippen LogP contribution is -2.34. The first-order valence-electron chi connectivity index (χ1n) is 7.42. The largest absolute Gasteiger partial charge is 0.444 e. The van der Waals surface area contributed by atoms with Crippen LogP contribution in [0.1, 0.15) is 26.3 Å². The average Bonchev–Trinajstić information content (AvgIpc) is 2.45. The van der Waals surface area contributed by atoms with E-state index in [1.54, 1.807) is 7.05 Å². The van der Waals surface area contributed by atoms with Crippen LogP contribution in [0.15, 0.2) is 60.4 Å². The van der Waals surface area contributed by atoms with Crippen molar-refractivity contribution in [3.05, 3.63) is 65.9 Å². The summed E-state index contributed by atoms with van der Waals surface area (Å²) in [5, 5.41) is 0. The molecule has 118 valence electrons. The molecule has 0 spiro atoms. The van der Waals surface area contributed by atoms with E-state index in [1.807, 2.05) is 63.3 Å². The molecule has 0 saturated heterocycles. The van der Waals surface area contributed by atoms with Gasteiger partial charge in [-0.1, -0.05) is 42.5 Å². The van der Waals surface area contributed by atoms with E-state index in [9.17, 15) is 4.79 Å². The maximum atomic E-state index is 11.7. The zero-order valence-corrected chi connectivity index (χ0v) is 13.9. The molecule has 3 heteroatoms. The molecule has 0 atom stereocenters. The fraction of sp³-hybridized carbons (Fsp3) is 0.368. The Bertz CT molecular complexity index is 547. The van der Waals surface area contributed by atoms with Crippen molar-refractivity contribution in [3.63, 3.8) is 0 Å². The van der Waals surface area contributed by atoms with Crippen LogP contribution in [0.5, 0.6) is 0 Å². The second-order valence-electron chi connectivity index (χ2n) is 6.02. The quantitative estimate of drug-likeness (QED) is 0.597. The van der Waals surface area contributed by atoms with Gasteiger partial charge in [0.15, 0.2) is 0 Å². The van der Waals surface area contributed by atoms with Crippen molar-refractivity contribution in [2.45, 2.75) is 32.8 Å². The minimum atomic E-state index is -0.463. The van der Waals surface area contributed by atoms with Gasteiger partial charge in [-0.15, -0.1) is 5.73 Å². The van der Waals surface area contributed by atoms with E-state index in [-0.39, 0.29) is 6.09 Å². The highest BCUT2D eigenvalue weighted by Crippen LogP contribution is 2.08. The molecule has 22 heavy (non-hydrogen) atoms. The molecule has 0 fully saturated rings. The molecule has 0 aliphatic carbocycles. The summed E-state index contributed by atoms with van der Waals surface area (Å²) in [5.41, 5.74) is 3.90. The molecule has 0 N–H and O–H groups in total. The van der Waals surface area contributed by atoms with E-state index < -0.39 is 5.60 Å². The van der Waals surface area contributed by atoms with Crippen LogP contribution >= 0.6 is 0 Å². The molecule has 1 aromatic rings. The molecule has 0 unspecified atom stereocenters. The van der Waals surface area contributed by atoms with Crippen molar-refractivity contribution in [2.24, 2.45) is 0 Å². The highest BCUT2D eigenvalue weighted by molar-refractivity contribution is 5.67. The van der Waals surface area contributed by atoms with Crippen LogP contribution in [-0.2, 0) is 11.2 Å². The summed E-state index contributed by atoms with van der Waals surface area (Å²) in [7, 11) is 1.72. The number of nitrogens with zero attached hydrogens (tertiary/aromatic N) is 1. The van der Waals surface area contributed by atoms with Crippen LogP contribution in [-0.4, -0.2) is 30.2 Å². The number of ether oxygens (including phenoxy) is 1. The van der Waals surface area contributed by atoms with Crippen molar-refractivity contribution in [2.75, 3.05) is 13.6 Å². The second kappa shape index (κ2) is 8.91. The Balaban J connectivity index is 2.33. The first kappa shape index (κ1) is 17.8. The summed E-state index contributed by atoms with van der Waals surface area (Å²) >= 11 is 0. The highest BCUT2D eigenvalue weighted by atomic mass is 16.6. The summed E-state index contributed by atoms with van der Waals surface area (Å²) in [6, 6.07) is 10.2. The summed E-state index contributed by atoms with van der Waals surface area (Å²) in [6.07, 6.45) is 8.14. The van der Waals surface area contributed by atoms with E-state index in [0.29, 0.717) is 6.54 Å². The Hall–Kier alpha value is -2.25. The number of rotatable bonds is 5. The van der Waals surface area contributed by atoms with E-state index >= 15 is 0 Å². The minimum absolute atomic E-state index is 0.319. The van der Waals surface area contributed by atoms with Crippen LogP contribution in [0, 0.1) is 0 Å². The lowest BCUT2D eigenvalue weighted by Gasteiger charge is -2.23. The molecular weight excluding hydrogens is 274 g/mol. The number of benzene rings is 1. The Morgan fingerprint density at radius 1 is 1.27 bits per heavy atom. The van der Waals surface area contributed by atoms with Crippen LogP contribution in [0.25, 0.3) is 0 Å². The summed E-state index contributed by atoms with van der Waals surface area (Å²) in [4.78, 5) is 13.3. The van der Waals surface area contributed by atoms with Crippen LogP contribution in [0.2, 0.25) is 0 Å². The van der Waals surface area contributed by atoms with E-state index in [1.165, 1.54) is 10.5 Å². The summed E-state index contributed by atoms with van der Waals surface area (Å²) in [5.74, 6) is 0. The summed E-state index contributed by atoms with van der Waals surface area (Å²) < 4.78 is 5.27. The molecule has 0 saturated carbocycles. The van der Waals surface area contributed by atoms with E-state index in [2.05, 4.69) is 17.9 Å². The minimum Gasteiger partial charge on any atom is -0.444 e. The Morgan fingerprint density at radius 2 is 1.95 bits per heavy atom. The molecule has 0 heterocycles. The van der Waals surface area contributed by atoms with Gasteiger partial charge in [-0.3, -0.25) is 0 Å². The van der Waals surface area contributed by atoms with Gasteiger partial charge in [-0.25, -0.2) is 4.79 Å². The third-order valence-electron chi connectivity index (χ3n) is 2.71. The number of hydrogen-bond donors (Lipinski definition) is 0. The number of hydrogen-bond acceptors (Lipinski definition) is 2. The second-order valence-corrected chi connectivity index (χ2v) is 6.02. The Kier molecular flexibility index (Phi) is 7.21.